The van der Waals surface area contributed by atoms with Gasteiger partial charge in [-0.25, -0.2) is 0 Å². The first-order valence-corrected chi connectivity index (χ1v) is 12.7. The van der Waals surface area contributed by atoms with Gasteiger partial charge in [0.2, 0.25) is 5.91 Å². The van der Waals surface area contributed by atoms with Crippen molar-refractivity contribution in [3.05, 3.63) is 64.8 Å². The van der Waals surface area contributed by atoms with E-state index in [4.69, 9.17) is 5.26 Å². The second-order valence-electron chi connectivity index (χ2n) is 10.6. The number of hydrogen-bond donors (Lipinski definition) is 2. The normalized spacial score (nSPS) is 15.6. The van der Waals surface area contributed by atoms with E-state index < -0.39 is 5.41 Å². The number of anilines is 1. The molecule has 1 aliphatic carbocycles. The van der Waals surface area contributed by atoms with Gasteiger partial charge in [-0.15, -0.1) is 0 Å². The minimum Gasteiger partial charge on any atom is -0.358 e. The molecule has 0 spiro atoms. The Kier molecular flexibility index (Phi) is 6.58. The summed E-state index contributed by atoms with van der Waals surface area (Å²) in [6.45, 7) is 11.0. The van der Waals surface area contributed by atoms with Crippen molar-refractivity contribution in [2.75, 3.05) is 5.32 Å². The van der Waals surface area contributed by atoms with Gasteiger partial charge in [-0.05, 0) is 79.0 Å². The molecule has 1 fully saturated rings. The number of nitrogens with one attached hydrogen (secondary N) is 2. The quantitative estimate of drug-likeness (QED) is 0.351. The summed E-state index contributed by atoms with van der Waals surface area (Å²) in [5, 5.41) is 13.3. The summed E-state index contributed by atoms with van der Waals surface area (Å²) >= 11 is 0. The highest BCUT2D eigenvalue weighted by Gasteiger charge is 2.51. The Bertz CT molecular complexity index is 1240. The molecule has 1 unspecified atom stereocenters. The van der Waals surface area contributed by atoms with Crippen molar-refractivity contribution in [1.29, 1.82) is 5.26 Å². The van der Waals surface area contributed by atoms with Crippen molar-refractivity contribution in [3.8, 4) is 6.07 Å². The third kappa shape index (κ3) is 4.49. The topological polar surface area (TPSA) is 68.7 Å². The zero-order valence-corrected chi connectivity index (χ0v) is 21.2. The van der Waals surface area contributed by atoms with Crippen molar-refractivity contribution in [3.63, 3.8) is 0 Å². The van der Waals surface area contributed by atoms with E-state index in [9.17, 15) is 4.79 Å². The molecule has 0 radical (unpaired) electrons. The molecule has 4 nitrogen and oxygen atoms in total. The van der Waals surface area contributed by atoms with Gasteiger partial charge in [-0.1, -0.05) is 52.8 Å². The molecule has 2 aromatic carbocycles. The van der Waals surface area contributed by atoms with Gasteiger partial charge in [0, 0.05) is 34.1 Å². The molecule has 1 amide bonds. The molecule has 4 heteroatoms. The Morgan fingerprint density at radius 1 is 1.18 bits per heavy atom. The van der Waals surface area contributed by atoms with Crippen LogP contribution in [0.4, 0.5) is 5.69 Å². The monoisotopic (exact) mass is 455 g/mol. The molecule has 0 aliphatic heterocycles. The zero-order valence-electron chi connectivity index (χ0n) is 21.2. The number of carbonyl (C=O) groups excluding carboxylic acids is 1. The van der Waals surface area contributed by atoms with E-state index in [-0.39, 0.29) is 11.3 Å². The molecule has 1 aromatic heterocycles. The Hall–Kier alpha value is -3.06. The summed E-state index contributed by atoms with van der Waals surface area (Å²) in [5.41, 5.74) is 6.42. The summed E-state index contributed by atoms with van der Waals surface area (Å²) in [7, 11) is 0. The van der Waals surface area contributed by atoms with E-state index in [1.165, 1.54) is 11.1 Å². The van der Waals surface area contributed by atoms with Gasteiger partial charge in [0.05, 0.1) is 11.5 Å². The highest BCUT2D eigenvalue weighted by molar-refractivity contribution is 6.02. The number of carbonyl (C=O) groups is 1. The Balaban J connectivity index is 1.57. The van der Waals surface area contributed by atoms with Crippen molar-refractivity contribution >= 4 is 22.5 Å². The van der Waals surface area contributed by atoms with Crippen LogP contribution >= 0.6 is 0 Å². The highest BCUT2D eigenvalue weighted by Crippen LogP contribution is 2.50. The third-order valence-electron chi connectivity index (χ3n) is 7.88. The first kappa shape index (κ1) is 24.1. The van der Waals surface area contributed by atoms with E-state index in [0.717, 1.165) is 60.0 Å². The zero-order chi connectivity index (χ0) is 24.5. The lowest BCUT2D eigenvalue weighted by Gasteiger charge is -2.21. The van der Waals surface area contributed by atoms with Gasteiger partial charge in [-0.3, -0.25) is 4.79 Å². The van der Waals surface area contributed by atoms with Crippen molar-refractivity contribution in [2.45, 2.75) is 89.9 Å². The average Bonchev–Trinajstić information content (AvgIpc) is 3.54. The van der Waals surface area contributed by atoms with Gasteiger partial charge >= 0.3 is 0 Å². The molecule has 1 saturated carbocycles. The van der Waals surface area contributed by atoms with Crippen LogP contribution < -0.4 is 5.32 Å². The molecule has 1 heterocycles. The Morgan fingerprint density at radius 3 is 2.59 bits per heavy atom. The molecule has 178 valence electrons. The summed E-state index contributed by atoms with van der Waals surface area (Å²) in [5.74, 6) is 0.590. The number of rotatable bonds is 9. The van der Waals surface area contributed by atoms with Crippen LogP contribution in [-0.2, 0) is 22.0 Å². The van der Waals surface area contributed by atoms with Gasteiger partial charge in [0.25, 0.3) is 0 Å². The van der Waals surface area contributed by atoms with E-state index >= 15 is 0 Å². The first-order chi connectivity index (χ1) is 16.2. The Labute approximate surface area is 203 Å². The van der Waals surface area contributed by atoms with Gasteiger partial charge < -0.3 is 10.3 Å². The van der Waals surface area contributed by atoms with E-state index in [0.29, 0.717) is 12.3 Å². The van der Waals surface area contributed by atoms with Crippen molar-refractivity contribution in [2.24, 2.45) is 0 Å². The van der Waals surface area contributed by atoms with E-state index in [1.54, 1.807) is 0 Å². The number of hydrogen-bond acceptors (Lipinski definition) is 2. The lowest BCUT2D eigenvalue weighted by molar-refractivity contribution is -0.118. The van der Waals surface area contributed by atoms with Crippen LogP contribution in [-0.4, -0.2) is 10.9 Å². The predicted octanol–water partition coefficient (Wildman–Crippen LogP) is 7.50. The largest absolute Gasteiger partial charge is 0.358 e. The summed E-state index contributed by atoms with van der Waals surface area (Å²) in [4.78, 5) is 17.0. The maximum absolute atomic E-state index is 13.5. The number of amides is 1. The lowest BCUT2D eigenvalue weighted by atomic mass is 9.84. The van der Waals surface area contributed by atoms with Crippen LogP contribution in [0.5, 0.6) is 0 Å². The number of aryl methyl sites for hydroxylation is 1. The molecule has 34 heavy (non-hydrogen) atoms. The maximum atomic E-state index is 13.5. The van der Waals surface area contributed by atoms with Crippen LogP contribution in [0.2, 0.25) is 0 Å². The molecule has 0 saturated heterocycles. The second-order valence-corrected chi connectivity index (χ2v) is 10.6. The number of H-pyrrole nitrogens is 1. The number of aromatic nitrogens is 1. The van der Waals surface area contributed by atoms with Crippen LogP contribution in [0.3, 0.4) is 0 Å². The molecular weight excluding hydrogens is 418 g/mol. The number of nitrogens with zero attached hydrogens (tertiary/aromatic N) is 1. The molecule has 2 N–H and O–H groups in total. The van der Waals surface area contributed by atoms with Crippen LogP contribution in [0.15, 0.2) is 42.5 Å². The predicted molar refractivity (Wildman–Crippen MR) is 140 cm³/mol. The van der Waals surface area contributed by atoms with Crippen molar-refractivity contribution < 1.29 is 4.79 Å². The maximum Gasteiger partial charge on any atom is 0.235 e. The first-order valence-electron chi connectivity index (χ1n) is 12.7. The lowest BCUT2D eigenvalue weighted by Crippen LogP contribution is -2.28. The molecule has 4 rings (SSSR count). The molecule has 3 aromatic rings. The van der Waals surface area contributed by atoms with Crippen LogP contribution in [0.25, 0.3) is 10.9 Å². The molecule has 1 atom stereocenters. The standard InChI is InChI=1S/C30H37N3O/c1-6-20(3)25-19-23(10-9-21(25)7-2)30(14-15-30)28(34)32-24-11-12-26-22(17-24)18-27(33-26)29(4,5)13-8-16-31/h9-12,17-20,33H,6-8,13-15H2,1-5H3,(H,32,34). The number of nitriles is 1. The van der Waals surface area contributed by atoms with E-state index in [1.807, 2.05) is 12.1 Å². The van der Waals surface area contributed by atoms with E-state index in [2.05, 4.69) is 81.3 Å². The molecular formula is C30H37N3O. The molecule has 1 aliphatic rings. The van der Waals surface area contributed by atoms with Gasteiger partial charge in [0.1, 0.15) is 0 Å². The minimum atomic E-state index is -0.411. The molecule has 0 bridgehead atoms. The van der Waals surface area contributed by atoms with Crippen LogP contribution in [0, 0.1) is 11.3 Å². The SMILES string of the molecule is CCc1ccc(C2(C(=O)Nc3ccc4[nH]c(C(C)(C)CCC#N)cc4c3)CC2)cc1C(C)CC. The summed E-state index contributed by atoms with van der Waals surface area (Å²) < 4.78 is 0. The number of aromatic amines is 1. The Morgan fingerprint density at radius 2 is 1.94 bits per heavy atom. The van der Waals surface area contributed by atoms with Crippen LogP contribution in [0.1, 0.15) is 95.0 Å². The second kappa shape index (κ2) is 9.29. The number of fused-ring (bicyclic) bond motifs is 1. The fourth-order valence-corrected chi connectivity index (χ4v) is 4.99. The van der Waals surface area contributed by atoms with Gasteiger partial charge in [0.15, 0.2) is 0 Å². The van der Waals surface area contributed by atoms with Gasteiger partial charge in [-0.2, -0.15) is 5.26 Å². The number of benzene rings is 2. The third-order valence-corrected chi connectivity index (χ3v) is 7.88. The fourth-order valence-electron chi connectivity index (χ4n) is 4.99. The van der Waals surface area contributed by atoms with Crippen molar-refractivity contribution in [1.82, 2.24) is 4.98 Å². The smallest absolute Gasteiger partial charge is 0.235 e. The minimum absolute atomic E-state index is 0.0938. The fraction of sp³-hybridized carbons (Fsp3) is 0.467. The summed E-state index contributed by atoms with van der Waals surface area (Å²) in [6, 6.07) is 17.2. The average molecular weight is 456 g/mol. The summed E-state index contributed by atoms with van der Waals surface area (Å²) in [6.07, 6.45) is 5.25. The highest BCUT2D eigenvalue weighted by atomic mass is 16.2.